The Labute approximate surface area is 83.5 Å². The van der Waals surface area contributed by atoms with Gasteiger partial charge in [0.2, 0.25) is 0 Å². The monoisotopic (exact) mass is 199 g/mol. The van der Waals surface area contributed by atoms with Gasteiger partial charge in [0.05, 0.1) is 6.10 Å². The highest BCUT2D eigenvalue weighted by Gasteiger charge is 1.99. The van der Waals surface area contributed by atoms with Crippen LogP contribution in [-0.2, 0) is 0 Å². The van der Waals surface area contributed by atoms with Crippen molar-refractivity contribution in [1.82, 2.24) is 0 Å². The van der Waals surface area contributed by atoms with Crippen molar-refractivity contribution in [2.24, 2.45) is 0 Å². The number of hydrogen-bond acceptors (Lipinski definition) is 2. The topological polar surface area (TPSA) is 32.3 Å². The molecule has 0 aliphatic carbocycles. The second-order valence-corrected chi connectivity index (χ2v) is 3.39. The predicted octanol–water partition coefficient (Wildman–Crippen LogP) is 2.52. The highest BCUT2D eigenvalue weighted by atomic mass is 35.5. The predicted molar refractivity (Wildman–Crippen MR) is 56.2 cm³/mol. The van der Waals surface area contributed by atoms with Gasteiger partial charge in [-0.05, 0) is 24.6 Å². The average molecular weight is 200 g/mol. The average Bonchev–Trinajstić information content (AvgIpc) is 2.14. The van der Waals surface area contributed by atoms with E-state index >= 15 is 0 Å². The molecule has 0 fully saturated rings. The van der Waals surface area contributed by atoms with Crippen molar-refractivity contribution < 1.29 is 5.11 Å². The smallest absolute Gasteiger partial charge is 0.0709 e. The molecule has 0 aromatic heterocycles. The van der Waals surface area contributed by atoms with E-state index in [-0.39, 0.29) is 6.10 Å². The van der Waals surface area contributed by atoms with E-state index in [1.807, 2.05) is 31.2 Å². The molecule has 0 aliphatic heterocycles. The first-order valence-corrected chi connectivity index (χ1v) is 4.77. The molecule has 0 radical (unpaired) electrons. The van der Waals surface area contributed by atoms with Gasteiger partial charge in [-0.2, -0.15) is 0 Å². The van der Waals surface area contributed by atoms with Crippen LogP contribution in [0.3, 0.4) is 0 Å². The van der Waals surface area contributed by atoms with Crippen molar-refractivity contribution in [2.45, 2.75) is 19.4 Å². The SMILES string of the molecule is CCC(O)CNc1cccc(Cl)c1. The summed E-state index contributed by atoms with van der Waals surface area (Å²) in [7, 11) is 0. The van der Waals surface area contributed by atoms with Gasteiger partial charge in [0, 0.05) is 17.3 Å². The Balaban J connectivity index is 2.45. The summed E-state index contributed by atoms with van der Waals surface area (Å²) in [6, 6.07) is 7.46. The van der Waals surface area contributed by atoms with Crippen molar-refractivity contribution in [1.29, 1.82) is 0 Å². The second kappa shape index (κ2) is 5.10. The highest BCUT2D eigenvalue weighted by molar-refractivity contribution is 6.30. The molecule has 2 nitrogen and oxygen atoms in total. The molecule has 0 saturated carbocycles. The Morgan fingerprint density at radius 2 is 2.31 bits per heavy atom. The Bertz CT molecular complexity index is 265. The van der Waals surface area contributed by atoms with Crippen molar-refractivity contribution in [3.05, 3.63) is 29.3 Å². The van der Waals surface area contributed by atoms with E-state index in [2.05, 4.69) is 5.32 Å². The van der Waals surface area contributed by atoms with Crippen LogP contribution in [0.25, 0.3) is 0 Å². The minimum Gasteiger partial charge on any atom is -0.391 e. The summed E-state index contributed by atoms with van der Waals surface area (Å²) in [4.78, 5) is 0. The Morgan fingerprint density at radius 3 is 2.92 bits per heavy atom. The maximum absolute atomic E-state index is 9.29. The summed E-state index contributed by atoms with van der Waals surface area (Å²) < 4.78 is 0. The van der Waals surface area contributed by atoms with Gasteiger partial charge in [-0.1, -0.05) is 24.6 Å². The molecule has 1 atom stereocenters. The van der Waals surface area contributed by atoms with E-state index in [1.165, 1.54) is 0 Å². The standard InChI is InChI=1S/C10H14ClNO/c1-2-10(13)7-12-9-5-3-4-8(11)6-9/h3-6,10,12-13H,2,7H2,1H3. The molecule has 1 aromatic carbocycles. The fourth-order valence-corrected chi connectivity index (χ4v) is 1.17. The summed E-state index contributed by atoms with van der Waals surface area (Å²) in [6.45, 7) is 2.52. The Morgan fingerprint density at radius 1 is 1.54 bits per heavy atom. The van der Waals surface area contributed by atoms with Gasteiger partial charge in [0.1, 0.15) is 0 Å². The van der Waals surface area contributed by atoms with E-state index in [9.17, 15) is 5.11 Å². The van der Waals surface area contributed by atoms with Crippen molar-refractivity contribution in [3.63, 3.8) is 0 Å². The molecule has 0 spiro atoms. The first-order valence-electron chi connectivity index (χ1n) is 4.40. The summed E-state index contributed by atoms with van der Waals surface area (Å²) in [6.07, 6.45) is 0.465. The largest absolute Gasteiger partial charge is 0.391 e. The lowest BCUT2D eigenvalue weighted by atomic mass is 10.2. The number of rotatable bonds is 4. The zero-order valence-electron chi connectivity index (χ0n) is 7.63. The van der Waals surface area contributed by atoms with Gasteiger partial charge in [-0.3, -0.25) is 0 Å². The van der Waals surface area contributed by atoms with Gasteiger partial charge in [-0.15, -0.1) is 0 Å². The summed E-state index contributed by atoms with van der Waals surface area (Å²) in [5, 5.41) is 13.1. The first kappa shape index (κ1) is 10.4. The molecule has 0 amide bonds. The van der Waals surface area contributed by atoms with Gasteiger partial charge in [0.25, 0.3) is 0 Å². The molecule has 0 bridgehead atoms. The van der Waals surface area contributed by atoms with Crippen LogP contribution in [0.2, 0.25) is 5.02 Å². The van der Waals surface area contributed by atoms with Gasteiger partial charge in [-0.25, -0.2) is 0 Å². The van der Waals surface area contributed by atoms with Crippen LogP contribution in [0.1, 0.15) is 13.3 Å². The maximum atomic E-state index is 9.29. The number of halogens is 1. The number of benzene rings is 1. The molecule has 1 rings (SSSR count). The van der Waals surface area contributed by atoms with Crippen LogP contribution >= 0.6 is 11.6 Å². The molecule has 72 valence electrons. The summed E-state index contributed by atoms with van der Waals surface area (Å²) >= 11 is 5.79. The number of aliphatic hydroxyl groups excluding tert-OH is 1. The van der Waals surface area contributed by atoms with Crippen LogP contribution in [0, 0.1) is 0 Å². The zero-order valence-corrected chi connectivity index (χ0v) is 8.38. The second-order valence-electron chi connectivity index (χ2n) is 2.95. The van der Waals surface area contributed by atoms with Crippen LogP contribution in [0.4, 0.5) is 5.69 Å². The molecule has 3 heteroatoms. The number of hydrogen-bond donors (Lipinski definition) is 2. The van der Waals surface area contributed by atoms with Crippen molar-refractivity contribution in [2.75, 3.05) is 11.9 Å². The van der Waals surface area contributed by atoms with Crippen molar-refractivity contribution in [3.8, 4) is 0 Å². The lowest BCUT2D eigenvalue weighted by molar-refractivity contribution is 0.183. The van der Waals surface area contributed by atoms with Crippen LogP contribution in [0.15, 0.2) is 24.3 Å². The lowest BCUT2D eigenvalue weighted by Gasteiger charge is -2.10. The summed E-state index contributed by atoms with van der Waals surface area (Å²) in [5.74, 6) is 0. The Hall–Kier alpha value is -0.730. The molecule has 0 aliphatic rings. The zero-order chi connectivity index (χ0) is 9.68. The number of nitrogens with one attached hydrogen (secondary N) is 1. The van der Waals surface area contributed by atoms with Crippen molar-refractivity contribution >= 4 is 17.3 Å². The fourth-order valence-electron chi connectivity index (χ4n) is 0.978. The molecular weight excluding hydrogens is 186 g/mol. The third-order valence-electron chi connectivity index (χ3n) is 1.84. The van der Waals surface area contributed by atoms with E-state index in [0.717, 1.165) is 12.1 Å². The molecule has 1 unspecified atom stereocenters. The van der Waals surface area contributed by atoms with E-state index in [4.69, 9.17) is 11.6 Å². The van der Waals surface area contributed by atoms with Crippen LogP contribution in [-0.4, -0.2) is 17.8 Å². The first-order chi connectivity index (χ1) is 6.22. The normalized spacial score (nSPS) is 12.5. The van der Waals surface area contributed by atoms with Gasteiger partial charge >= 0.3 is 0 Å². The lowest BCUT2D eigenvalue weighted by Crippen LogP contribution is -2.17. The molecule has 13 heavy (non-hydrogen) atoms. The fraction of sp³-hybridized carbons (Fsp3) is 0.400. The maximum Gasteiger partial charge on any atom is 0.0709 e. The number of anilines is 1. The minimum absolute atomic E-state index is 0.293. The molecular formula is C10H14ClNO. The summed E-state index contributed by atoms with van der Waals surface area (Å²) in [5.41, 5.74) is 0.944. The van der Waals surface area contributed by atoms with Crippen LogP contribution < -0.4 is 5.32 Å². The quantitative estimate of drug-likeness (QED) is 0.781. The molecule has 0 heterocycles. The van der Waals surface area contributed by atoms with Gasteiger partial charge in [0.15, 0.2) is 0 Å². The Kier molecular flexibility index (Phi) is 4.06. The van der Waals surface area contributed by atoms with E-state index in [1.54, 1.807) is 0 Å². The molecule has 2 N–H and O–H groups in total. The van der Waals surface area contributed by atoms with E-state index < -0.39 is 0 Å². The highest BCUT2D eigenvalue weighted by Crippen LogP contribution is 2.14. The van der Waals surface area contributed by atoms with Crippen LogP contribution in [0.5, 0.6) is 0 Å². The van der Waals surface area contributed by atoms with Gasteiger partial charge < -0.3 is 10.4 Å². The molecule has 0 saturated heterocycles. The third kappa shape index (κ3) is 3.66. The minimum atomic E-state index is -0.293. The molecule has 1 aromatic rings. The third-order valence-corrected chi connectivity index (χ3v) is 2.07. The number of aliphatic hydroxyl groups is 1. The van der Waals surface area contributed by atoms with E-state index in [0.29, 0.717) is 11.6 Å².